The number of carbonyl (C=O) groups is 1. The monoisotopic (exact) mass is 474 g/mol. The summed E-state index contributed by atoms with van der Waals surface area (Å²) in [5.74, 6) is -0.503. The lowest BCUT2D eigenvalue weighted by Gasteiger charge is -2.29. The van der Waals surface area contributed by atoms with E-state index < -0.39 is 22.0 Å². The summed E-state index contributed by atoms with van der Waals surface area (Å²) in [6.07, 6.45) is 0. The summed E-state index contributed by atoms with van der Waals surface area (Å²) in [5.41, 5.74) is 2.03. The molecule has 2 aliphatic heterocycles. The highest BCUT2D eigenvalue weighted by Gasteiger charge is 2.47. The molecule has 32 heavy (non-hydrogen) atoms. The number of nitrogens with zero attached hydrogens (tertiary/aromatic N) is 2. The Bertz CT molecular complexity index is 1090. The van der Waals surface area contributed by atoms with Crippen molar-refractivity contribution in [2.24, 2.45) is 0 Å². The van der Waals surface area contributed by atoms with Gasteiger partial charge in [0, 0.05) is 13.1 Å². The Morgan fingerprint density at radius 1 is 1.09 bits per heavy atom. The van der Waals surface area contributed by atoms with Crippen LogP contribution in [0.2, 0.25) is 0 Å². The molecule has 0 aliphatic carbocycles. The van der Waals surface area contributed by atoms with E-state index in [1.807, 2.05) is 42.2 Å². The van der Waals surface area contributed by atoms with E-state index in [9.17, 15) is 13.2 Å². The van der Waals surface area contributed by atoms with Crippen LogP contribution in [0.25, 0.3) is 0 Å². The molecule has 2 heterocycles. The van der Waals surface area contributed by atoms with Gasteiger partial charge in [-0.2, -0.15) is 0 Å². The fourth-order valence-corrected chi connectivity index (χ4v) is 6.89. The van der Waals surface area contributed by atoms with Crippen molar-refractivity contribution in [1.82, 2.24) is 8.61 Å². The van der Waals surface area contributed by atoms with Crippen LogP contribution >= 0.6 is 11.9 Å². The van der Waals surface area contributed by atoms with Gasteiger partial charge in [0.15, 0.2) is 0 Å². The van der Waals surface area contributed by atoms with E-state index in [1.165, 1.54) is 3.71 Å². The van der Waals surface area contributed by atoms with Crippen LogP contribution in [-0.4, -0.2) is 55.9 Å². The van der Waals surface area contributed by atoms with Crippen molar-refractivity contribution in [2.45, 2.75) is 24.8 Å². The second-order valence-electron chi connectivity index (χ2n) is 7.52. The number of sulfonamides is 1. The van der Waals surface area contributed by atoms with Gasteiger partial charge >= 0.3 is 5.97 Å². The van der Waals surface area contributed by atoms with Gasteiger partial charge in [0.2, 0.25) is 0 Å². The summed E-state index contributed by atoms with van der Waals surface area (Å²) in [5, 5.41) is 0.608. The van der Waals surface area contributed by atoms with Crippen molar-refractivity contribution < 1.29 is 22.7 Å². The van der Waals surface area contributed by atoms with Crippen molar-refractivity contribution >= 4 is 27.9 Å². The fourth-order valence-electron chi connectivity index (χ4n) is 3.74. The van der Waals surface area contributed by atoms with Gasteiger partial charge < -0.3 is 14.4 Å². The van der Waals surface area contributed by atoms with Crippen LogP contribution in [0, 0.1) is 6.92 Å². The lowest BCUT2D eigenvalue weighted by Crippen LogP contribution is -2.35. The van der Waals surface area contributed by atoms with Crippen molar-refractivity contribution in [1.29, 1.82) is 0 Å². The van der Waals surface area contributed by atoms with Gasteiger partial charge in [-0.05, 0) is 43.5 Å². The van der Waals surface area contributed by atoms with Gasteiger partial charge in [0.25, 0.3) is 10.0 Å². The standard InChI is InChI=1S/C23H26N2O5S2/c1-3-30-23(26)20-21(18-7-5-4-6-8-18)25(31-22(20)24-13-15-29-16-14-24)32(27,28)19-11-9-17(2)10-12-19/h4-12,21H,3,13-16H2,1-2H3. The van der Waals surface area contributed by atoms with Gasteiger partial charge in [-0.1, -0.05) is 48.0 Å². The molecule has 1 atom stereocenters. The molecule has 0 N–H and O–H groups in total. The lowest BCUT2D eigenvalue weighted by molar-refractivity contribution is -0.139. The number of carbonyl (C=O) groups excluding carboxylic acids is 1. The van der Waals surface area contributed by atoms with Crippen LogP contribution in [-0.2, 0) is 24.3 Å². The molecule has 0 spiro atoms. The van der Waals surface area contributed by atoms with Crippen LogP contribution in [0.4, 0.5) is 0 Å². The second-order valence-corrected chi connectivity index (χ2v) is 10.5. The third-order valence-electron chi connectivity index (χ3n) is 5.36. The van der Waals surface area contributed by atoms with Crippen LogP contribution in [0.15, 0.2) is 70.1 Å². The average Bonchev–Trinajstić information content (AvgIpc) is 3.22. The zero-order chi connectivity index (χ0) is 22.7. The van der Waals surface area contributed by atoms with Crippen LogP contribution in [0.5, 0.6) is 0 Å². The normalized spacial score (nSPS) is 19.9. The molecule has 2 aromatic carbocycles. The second kappa shape index (κ2) is 9.66. The predicted octanol–water partition coefficient (Wildman–Crippen LogP) is 3.50. The smallest absolute Gasteiger partial charge is 0.338 e. The first-order valence-electron chi connectivity index (χ1n) is 10.5. The van der Waals surface area contributed by atoms with Crippen molar-refractivity contribution in [3.05, 3.63) is 76.3 Å². The predicted molar refractivity (Wildman–Crippen MR) is 123 cm³/mol. The minimum absolute atomic E-state index is 0.183. The molecule has 1 saturated heterocycles. The molecule has 9 heteroatoms. The molecule has 1 fully saturated rings. The summed E-state index contributed by atoms with van der Waals surface area (Å²) in [6.45, 7) is 6.03. The Morgan fingerprint density at radius 3 is 2.38 bits per heavy atom. The molecule has 0 amide bonds. The SMILES string of the molecule is CCOC(=O)C1=C(N2CCOCC2)SN(S(=O)(=O)c2ccc(C)cc2)C1c1ccccc1. The molecule has 2 aliphatic rings. The Hall–Kier alpha value is -2.33. The minimum atomic E-state index is -3.92. The van der Waals surface area contributed by atoms with Crippen LogP contribution in [0.1, 0.15) is 24.1 Å². The van der Waals surface area contributed by atoms with E-state index in [-0.39, 0.29) is 11.5 Å². The van der Waals surface area contributed by atoms with Gasteiger partial charge in [0.05, 0.1) is 36.3 Å². The molecule has 0 bridgehead atoms. The van der Waals surface area contributed by atoms with Crippen molar-refractivity contribution in [3.63, 3.8) is 0 Å². The van der Waals surface area contributed by atoms with Crippen LogP contribution in [0.3, 0.4) is 0 Å². The summed E-state index contributed by atoms with van der Waals surface area (Å²) in [4.78, 5) is 15.4. The number of ether oxygens (including phenoxy) is 2. The highest BCUT2D eigenvalue weighted by Crippen LogP contribution is 2.51. The Balaban J connectivity index is 1.85. The molecule has 2 aromatic rings. The number of rotatable bonds is 6. The van der Waals surface area contributed by atoms with Gasteiger partial charge in [-0.3, -0.25) is 0 Å². The van der Waals surface area contributed by atoms with Gasteiger partial charge in [0.1, 0.15) is 5.03 Å². The maximum absolute atomic E-state index is 13.8. The molecule has 0 radical (unpaired) electrons. The molecular weight excluding hydrogens is 448 g/mol. The molecule has 1 unspecified atom stereocenters. The van der Waals surface area contributed by atoms with Crippen LogP contribution < -0.4 is 0 Å². The molecule has 0 aromatic heterocycles. The van der Waals surface area contributed by atoms with Gasteiger partial charge in [-0.15, -0.1) is 3.71 Å². The number of hydrogen-bond donors (Lipinski definition) is 0. The summed E-state index contributed by atoms with van der Waals surface area (Å²) < 4.78 is 39.7. The van der Waals surface area contributed by atoms with E-state index in [1.54, 1.807) is 31.2 Å². The first kappa shape index (κ1) is 22.8. The lowest BCUT2D eigenvalue weighted by atomic mass is 10.00. The molecular formula is C23H26N2O5S2. The number of benzene rings is 2. The zero-order valence-electron chi connectivity index (χ0n) is 18.1. The molecule has 7 nitrogen and oxygen atoms in total. The third-order valence-corrected chi connectivity index (χ3v) is 8.76. The summed E-state index contributed by atoms with van der Waals surface area (Å²) in [6, 6.07) is 15.2. The van der Waals surface area contributed by atoms with E-state index in [4.69, 9.17) is 9.47 Å². The molecule has 170 valence electrons. The highest BCUT2D eigenvalue weighted by molar-refractivity contribution is 8.11. The Labute approximate surface area is 193 Å². The quantitative estimate of drug-likeness (QED) is 0.469. The minimum Gasteiger partial charge on any atom is -0.463 e. The number of hydrogen-bond acceptors (Lipinski definition) is 7. The number of morpholine rings is 1. The largest absolute Gasteiger partial charge is 0.463 e. The fraction of sp³-hybridized carbons (Fsp3) is 0.348. The van der Waals surface area contributed by atoms with Crippen molar-refractivity contribution in [2.75, 3.05) is 32.9 Å². The van der Waals surface area contributed by atoms with E-state index in [0.717, 1.165) is 17.5 Å². The highest BCUT2D eigenvalue weighted by atomic mass is 32.3. The Kier molecular flexibility index (Phi) is 6.90. The van der Waals surface area contributed by atoms with Gasteiger partial charge in [-0.25, -0.2) is 13.2 Å². The third kappa shape index (κ3) is 4.43. The first-order valence-corrected chi connectivity index (χ1v) is 12.7. The summed E-state index contributed by atoms with van der Waals surface area (Å²) in [7, 11) is -3.92. The maximum Gasteiger partial charge on any atom is 0.338 e. The zero-order valence-corrected chi connectivity index (χ0v) is 19.7. The van der Waals surface area contributed by atoms with E-state index >= 15 is 0 Å². The summed E-state index contributed by atoms with van der Waals surface area (Å²) >= 11 is 1.08. The molecule has 0 saturated carbocycles. The van der Waals surface area contributed by atoms with Crippen molar-refractivity contribution in [3.8, 4) is 0 Å². The number of esters is 1. The topological polar surface area (TPSA) is 76.2 Å². The van der Waals surface area contributed by atoms with E-state index in [0.29, 0.717) is 42.5 Å². The average molecular weight is 475 g/mol. The molecule has 4 rings (SSSR count). The Morgan fingerprint density at radius 2 is 1.75 bits per heavy atom. The first-order chi connectivity index (χ1) is 15.4. The maximum atomic E-state index is 13.8. The van der Waals surface area contributed by atoms with E-state index in [2.05, 4.69) is 0 Å². The number of aryl methyl sites for hydroxylation is 1.